The molecule has 200 valence electrons. The van der Waals surface area contributed by atoms with Crippen LogP contribution < -0.4 is 14.4 Å². The van der Waals surface area contributed by atoms with Crippen LogP contribution in [0.1, 0.15) is 12.5 Å². The summed E-state index contributed by atoms with van der Waals surface area (Å²) in [6.07, 6.45) is 5.46. The van der Waals surface area contributed by atoms with E-state index in [-0.39, 0.29) is 11.8 Å². The lowest BCUT2D eigenvalue weighted by atomic mass is 10.1. The van der Waals surface area contributed by atoms with Crippen molar-refractivity contribution in [2.75, 3.05) is 44.2 Å². The summed E-state index contributed by atoms with van der Waals surface area (Å²) >= 11 is 18.4. The second-order valence-electron chi connectivity index (χ2n) is 9.58. The number of piperazine rings is 1. The van der Waals surface area contributed by atoms with Crippen molar-refractivity contribution in [1.29, 1.82) is 0 Å². The van der Waals surface area contributed by atoms with Gasteiger partial charge in [-0.15, -0.1) is 0 Å². The molecule has 0 radical (unpaired) electrons. The highest BCUT2D eigenvalue weighted by atomic mass is 35.5. The molecule has 0 saturated carbocycles. The standard InChI is InChI=1S/C26H26Cl3N5O4/c1-26(16-33-15-24(34(35)36)30-25(33)38-26)17-37-20-6-4-19(5-7-20)32-11-9-31(10-12-32)8-2-3-18-13-22(28)23(29)14-21(18)27/h2-7,13-15H,8-12,16-17H2,1H3/b3-2+/t26-/m1/s1. The number of nitro groups is 1. The molecule has 1 saturated heterocycles. The van der Waals surface area contributed by atoms with Gasteiger partial charge in [0, 0.05) is 48.4 Å². The Labute approximate surface area is 235 Å². The Morgan fingerprint density at radius 2 is 1.82 bits per heavy atom. The van der Waals surface area contributed by atoms with E-state index in [1.165, 1.54) is 6.20 Å². The van der Waals surface area contributed by atoms with Crippen LogP contribution in [0.2, 0.25) is 15.1 Å². The number of rotatable bonds is 8. The number of fused-ring (bicyclic) bond motifs is 1. The molecule has 1 aromatic heterocycles. The van der Waals surface area contributed by atoms with E-state index in [4.69, 9.17) is 44.3 Å². The van der Waals surface area contributed by atoms with Gasteiger partial charge in [0.05, 0.1) is 16.6 Å². The SMILES string of the molecule is C[C@]1(COc2ccc(N3CCN(C/C=C/c4cc(Cl)c(Cl)cc4Cl)CC3)cc2)Cn2cc([N+](=O)[O-])nc2O1. The fourth-order valence-electron chi connectivity index (χ4n) is 4.53. The Bertz CT molecular complexity index is 1330. The van der Waals surface area contributed by atoms with Crippen molar-refractivity contribution in [2.45, 2.75) is 19.1 Å². The van der Waals surface area contributed by atoms with E-state index in [0.29, 0.717) is 28.2 Å². The lowest BCUT2D eigenvalue weighted by molar-refractivity contribution is -0.389. The maximum Gasteiger partial charge on any atom is 0.415 e. The molecule has 5 rings (SSSR count). The monoisotopic (exact) mass is 577 g/mol. The molecule has 0 unspecified atom stereocenters. The predicted molar refractivity (Wildman–Crippen MR) is 149 cm³/mol. The molecule has 1 atom stereocenters. The van der Waals surface area contributed by atoms with Crippen molar-refractivity contribution in [2.24, 2.45) is 0 Å². The number of nitrogens with zero attached hydrogens (tertiary/aromatic N) is 5. The van der Waals surface area contributed by atoms with Gasteiger partial charge in [-0.2, -0.15) is 0 Å². The topological polar surface area (TPSA) is 85.9 Å². The van der Waals surface area contributed by atoms with Gasteiger partial charge in [0.15, 0.2) is 5.60 Å². The van der Waals surface area contributed by atoms with Gasteiger partial charge in [0.25, 0.3) is 0 Å². The lowest BCUT2D eigenvalue weighted by Crippen LogP contribution is -2.46. The van der Waals surface area contributed by atoms with Crippen LogP contribution in [0, 0.1) is 10.1 Å². The Morgan fingerprint density at radius 3 is 2.50 bits per heavy atom. The molecule has 0 amide bonds. The van der Waals surface area contributed by atoms with Gasteiger partial charge in [-0.1, -0.05) is 47.0 Å². The van der Waals surface area contributed by atoms with Crippen LogP contribution in [0.15, 0.2) is 48.7 Å². The van der Waals surface area contributed by atoms with Gasteiger partial charge in [-0.05, 0) is 53.8 Å². The first-order valence-corrected chi connectivity index (χ1v) is 13.2. The Kier molecular flexibility index (Phi) is 7.72. The van der Waals surface area contributed by atoms with Crippen LogP contribution in [-0.2, 0) is 6.54 Å². The molecule has 1 fully saturated rings. The van der Waals surface area contributed by atoms with Gasteiger partial charge in [0.2, 0.25) is 0 Å². The van der Waals surface area contributed by atoms with E-state index >= 15 is 0 Å². The molecule has 2 aliphatic rings. The minimum absolute atomic E-state index is 0.218. The summed E-state index contributed by atoms with van der Waals surface area (Å²) in [5, 5.41) is 12.4. The lowest BCUT2D eigenvalue weighted by Gasteiger charge is -2.35. The number of hydrogen-bond donors (Lipinski definition) is 0. The van der Waals surface area contributed by atoms with E-state index in [2.05, 4.69) is 33.0 Å². The van der Waals surface area contributed by atoms with Gasteiger partial charge in [0.1, 0.15) is 18.6 Å². The minimum Gasteiger partial charge on any atom is -0.489 e. The van der Waals surface area contributed by atoms with Crippen molar-refractivity contribution >= 4 is 52.4 Å². The molecular weight excluding hydrogens is 553 g/mol. The average Bonchev–Trinajstić information content (AvgIpc) is 3.42. The maximum atomic E-state index is 10.9. The molecule has 3 heterocycles. The quantitative estimate of drug-likeness (QED) is 0.189. The molecule has 9 nitrogen and oxygen atoms in total. The van der Waals surface area contributed by atoms with Crippen molar-refractivity contribution in [1.82, 2.24) is 14.5 Å². The van der Waals surface area contributed by atoms with E-state index in [0.717, 1.165) is 49.7 Å². The highest BCUT2D eigenvalue weighted by molar-refractivity contribution is 6.43. The molecular formula is C26H26Cl3N5O4. The van der Waals surface area contributed by atoms with Gasteiger partial charge < -0.3 is 24.5 Å². The van der Waals surface area contributed by atoms with Crippen LogP contribution >= 0.6 is 34.8 Å². The predicted octanol–water partition coefficient (Wildman–Crippen LogP) is 5.82. The molecule has 0 bridgehead atoms. The zero-order valence-corrected chi connectivity index (χ0v) is 22.9. The van der Waals surface area contributed by atoms with Crippen LogP contribution in [0.5, 0.6) is 11.8 Å². The highest BCUT2D eigenvalue weighted by Gasteiger charge is 2.41. The molecule has 0 N–H and O–H groups in total. The largest absolute Gasteiger partial charge is 0.489 e. The molecule has 12 heteroatoms. The van der Waals surface area contributed by atoms with Gasteiger partial charge in [-0.25, -0.2) is 0 Å². The molecule has 2 aliphatic heterocycles. The summed E-state index contributed by atoms with van der Waals surface area (Å²) in [6.45, 7) is 7.18. The average molecular weight is 579 g/mol. The first-order chi connectivity index (χ1) is 18.2. The smallest absolute Gasteiger partial charge is 0.415 e. The summed E-state index contributed by atoms with van der Waals surface area (Å²) in [5.41, 5.74) is 1.35. The first kappa shape index (κ1) is 26.6. The molecule has 3 aromatic rings. The van der Waals surface area contributed by atoms with E-state index in [1.54, 1.807) is 16.7 Å². The fraction of sp³-hybridized carbons (Fsp3) is 0.346. The third-order valence-corrected chi connectivity index (χ3v) is 7.63. The van der Waals surface area contributed by atoms with Gasteiger partial charge in [-0.3, -0.25) is 9.47 Å². The Balaban J connectivity index is 1.08. The van der Waals surface area contributed by atoms with E-state index in [1.807, 2.05) is 25.1 Å². The summed E-state index contributed by atoms with van der Waals surface area (Å²) < 4.78 is 13.4. The number of ether oxygens (including phenoxy) is 2. The Morgan fingerprint density at radius 1 is 1.11 bits per heavy atom. The van der Waals surface area contributed by atoms with Crippen molar-refractivity contribution in [3.05, 3.63) is 79.4 Å². The van der Waals surface area contributed by atoms with Crippen LogP contribution in [0.4, 0.5) is 11.5 Å². The van der Waals surface area contributed by atoms with Crippen molar-refractivity contribution < 1.29 is 14.4 Å². The molecule has 0 aliphatic carbocycles. The van der Waals surface area contributed by atoms with Gasteiger partial charge >= 0.3 is 11.8 Å². The zero-order chi connectivity index (χ0) is 26.9. The van der Waals surface area contributed by atoms with Crippen molar-refractivity contribution in [3.8, 4) is 11.8 Å². The maximum absolute atomic E-state index is 10.9. The number of aromatic nitrogens is 2. The van der Waals surface area contributed by atoms with Crippen LogP contribution in [-0.4, -0.2) is 64.3 Å². The third kappa shape index (κ3) is 6.02. The Hall–Kier alpha value is -2.98. The van der Waals surface area contributed by atoms with Crippen LogP contribution in [0.3, 0.4) is 0 Å². The molecule has 0 spiro atoms. The molecule has 38 heavy (non-hydrogen) atoms. The van der Waals surface area contributed by atoms with E-state index < -0.39 is 10.5 Å². The van der Waals surface area contributed by atoms with Crippen LogP contribution in [0.25, 0.3) is 6.08 Å². The first-order valence-electron chi connectivity index (χ1n) is 12.1. The number of halogens is 3. The molecule has 2 aromatic carbocycles. The summed E-state index contributed by atoms with van der Waals surface area (Å²) in [5.74, 6) is 0.517. The number of anilines is 1. The minimum atomic E-state index is -0.647. The second-order valence-corrected chi connectivity index (χ2v) is 10.8. The van der Waals surface area contributed by atoms with E-state index in [9.17, 15) is 10.1 Å². The number of imidazole rings is 1. The number of benzene rings is 2. The summed E-state index contributed by atoms with van der Waals surface area (Å²) in [6, 6.07) is 11.7. The summed E-state index contributed by atoms with van der Waals surface area (Å²) in [7, 11) is 0. The van der Waals surface area contributed by atoms with Crippen molar-refractivity contribution in [3.63, 3.8) is 0 Å². The third-order valence-electron chi connectivity index (χ3n) is 6.58. The highest BCUT2D eigenvalue weighted by Crippen LogP contribution is 2.32. The fourth-order valence-corrected chi connectivity index (χ4v) is 5.15. The number of hydrogen-bond acceptors (Lipinski definition) is 7. The second kappa shape index (κ2) is 11.0. The zero-order valence-electron chi connectivity index (χ0n) is 20.6. The summed E-state index contributed by atoms with van der Waals surface area (Å²) in [4.78, 5) is 19.0. The normalized spacial score (nSPS) is 19.5.